The lowest BCUT2D eigenvalue weighted by molar-refractivity contribution is -0.134. The highest BCUT2D eigenvalue weighted by Crippen LogP contribution is 2.29. The molecule has 0 radical (unpaired) electrons. The lowest BCUT2D eigenvalue weighted by Gasteiger charge is -2.32. The van der Waals surface area contributed by atoms with Gasteiger partial charge in [-0.3, -0.25) is 4.79 Å². The molecule has 2 heterocycles. The second-order valence-electron chi connectivity index (χ2n) is 10.0. The van der Waals surface area contributed by atoms with E-state index in [0.717, 1.165) is 70.1 Å². The third-order valence-corrected chi connectivity index (χ3v) is 7.35. The summed E-state index contributed by atoms with van der Waals surface area (Å²) in [6, 6.07) is 15.1. The fraction of sp³-hybridized carbons (Fsp3) is 0.552. The summed E-state index contributed by atoms with van der Waals surface area (Å²) >= 11 is 0. The lowest BCUT2D eigenvalue weighted by atomic mass is 9.89. The van der Waals surface area contributed by atoms with Crippen molar-refractivity contribution in [3.63, 3.8) is 0 Å². The van der Waals surface area contributed by atoms with Gasteiger partial charge in [0.25, 0.3) is 0 Å². The number of nitrogens with zero attached hydrogens (tertiary/aromatic N) is 2. The summed E-state index contributed by atoms with van der Waals surface area (Å²) in [5.74, 6) is 2.87. The Morgan fingerprint density at radius 2 is 1.62 bits per heavy atom. The van der Waals surface area contributed by atoms with Crippen molar-refractivity contribution < 1.29 is 14.3 Å². The topological polar surface area (TPSA) is 42.0 Å². The zero-order valence-corrected chi connectivity index (χ0v) is 21.1. The van der Waals surface area contributed by atoms with E-state index in [-0.39, 0.29) is 11.8 Å². The van der Waals surface area contributed by atoms with E-state index in [4.69, 9.17) is 9.47 Å². The number of ether oxygens (including phenoxy) is 2. The van der Waals surface area contributed by atoms with Crippen molar-refractivity contribution in [2.75, 3.05) is 46.4 Å². The Kier molecular flexibility index (Phi) is 8.49. The first-order valence-electron chi connectivity index (χ1n) is 12.9. The number of carbonyl (C=O) groups excluding carboxylic acids is 1. The molecule has 4 rings (SSSR count). The van der Waals surface area contributed by atoms with Gasteiger partial charge in [0, 0.05) is 25.6 Å². The quantitative estimate of drug-likeness (QED) is 0.520. The molecule has 184 valence electrons. The van der Waals surface area contributed by atoms with E-state index in [1.807, 2.05) is 18.7 Å². The van der Waals surface area contributed by atoms with E-state index in [2.05, 4.69) is 47.4 Å². The highest BCUT2D eigenvalue weighted by atomic mass is 16.5. The molecule has 2 aliphatic heterocycles. The Bertz CT molecular complexity index is 933. The lowest BCUT2D eigenvalue weighted by Crippen LogP contribution is -2.36. The molecule has 2 aromatic carbocycles. The van der Waals surface area contributed by atoms with Crippen LogP contribution < -0.4 is 9.47 Å². The van der Waals surface area contributed by atoms with E-state index >= 15 is 0 Å². The molecule has 0 aromatic heterocycles. The van der Waals surface area contributed by atoms with Gasteiger partial charge in [-0.25, -0.2) is 0 Å². The molecular weight excluding hydrogens is 424 g/mol. The molecule has 2 aromatic rings. The molecule has 0 saturated carbocycles. The highest BCUT2D eigenvalue weighted by molar-refractivity contribution is 5.78. The summed E-state index contributed by atoms with van der Waals surface area (Å²) in [7, 11) is 1.72. The number of likely N-dealkylation sites (tertiary alicyclic amines) is 1. The number of methoxy groups -OCH3 is 1. The van der Waals surface area contributed by atoms with Gasteiger partial charge in [0.1, 0.15) is 11.5 Å². The highest BCUT2D eigenvalue weighted by Gasteiger charge is 2.22. The van der Waals surface area contributed by atoms with Crippen LogP contribution in [-0.4, -0.2) is 62.1 Å². The van der Waals surface area contributed by atoms with Crippen LogP contribution in [0.5, 0.6) is 11.5 Å². The van der Waals surface area contributed by atoms with Crippen molar-refractivity contribution in [3.8, 4) is 11.5 Å². The van der Waals surface area contributed by atoms with E-state index < -0.39 is 0 Å². The van der Waals surface area contributed by atoms with Crippen LogP contribution >= 0.6 is 0 Å². The van der Waals surface area contributed by atoms with Crippen LogP contribution in [0.25, 0.3) is 0 Å². The Balaban J connectivity index is 1.18. The van der Waals surface area contributed by atoms with Crippen LogP contribution in [0.4, 0.5) is 0 Å². The number of piperidine rings is 1. The number of rotatable bonds is 8. The molecule has 1 fully saturated rings. The first kappa shape index (κ1) is 24.6. The van der Waals surface area contributed by atoms with Crippen LogP contribution in [0.2, 0.25) is 0 Å². The number of benzene rings is 2. The number of hydrogen-bond donors (Lipinski definition) is 0. The molecule has 0 N–H and O–H groups in total. The largest absolute Gasteiger partial charge is 0.497 e. The maximum absolute atomic E-state index is 12.4. The van der Waals surface area contributed by atoms with Gasteiger partial charge < -0.3 is 19.3 Å². The van der Waals surface area contributed by atoms with Crippen LogP contribution in [0.3, 0.4) is 0 Å². The van der Waals surface area contributed by atoms with E-state index in [9.17, 15) is 4.79 Å². The summed E-state index contributed by atoms with van der Waals surface area (Å²) in [6.45, 7) is 9.73. The van der Waals surface area contributed by atoms with Crippen molar-refractivity contribution in [2.24, 2.45) is 5.92 Å². The van der Waals surface area contributed by atoms with E-state index in [1.54, 1.807) is 7.11 Å². The van der Waals surface area contributed by atoms with Crippen molar-refractivity contribution in [1.82, 2.24) is 9.80 Å². The summed E-state index contributed by atoms with van der Waals surface area (Å²) in [6.07, 6.45) is 5.32. The molecule has 2 aliphatic rings. The smallest absolute Gasteiger partial charge is 0.225 e. The monoisotopic (exact) mass is 464 g/mol. The van der Waals surface area contributed by atoms with E-state index in [1.165, 1.54) is 29.5 Å². The second kappa shape index (κ2) is 11.7. The van der Waals surface area contributed by atoms with Gasteiger partial charge in [0.05, 0.1) is 13.7 Å². The van der Waals surface area contributed by atoms with Crippen molar-refractivity contribution in [2.45, 2.75) is 51.9 Å². The summed E-state index contributed by atoms with van der Waals surface area (Å²) in [4.78, 5) is 17.0. The maximum atomic E-state index is 12.4. The average molecular weight is 465 g/mol. The van der Waals surface area contributed by atoms with Gasteiger partial charge in [0.15, 0.2) is 0 Å². The van der Waals surface area contributed by atoms with Crippen LogP contribution in [0.15, 0.2) is 42.5 Å². The SMILES string of the molecule is COc1ccc(C2CCN(CCCOc3ccc4c(c3)CCN(C(=O)C(C)C)CC4)CC2)cc1. The molecule has 1 saturated heterocycles. The van der Waals surface area contributed by atoms with Gasteiger partial charge in [-0.05, 0) is 92.1 Å². The summed E-state index contributed by atoms with van der Waals surface area (Å²) in [5, 5.41) is 0. The first-order valence-corrected chi connectivity index (χ1v) is 12.9. The molecule has 5 heteroatoms. The van der Waals surface area contributed by atoms with Crippen LogP contribution in [0.1, 0.15) is 55.7 Å². The molecule has 0 aliphatic carbocycles. The van der Waals surface area contributed by atoms with Gasteiger partial charge in [0.2, 0.25) is 5.91 Å². The minimum Gasteiger partial charge on any atom is -0.497 e. The Morgan fingerprint density at radius 1 is 0.941 bits per heavy atom. The zero-order chi connectivity index (χ0) is 23.9. The molecular formula is C29H40N2O3. The van der Waals surface area contributed by atoms with Crippen LogP contribution in [-0.2, 0) is 17.6 Å². The second-order valence-corrected chi connectivity index (χ2v) is 10.0. The molecule has 0 atom stereocenters. The van der Waals surface area contributed by atoms with Crippen LogP contribution in [0, 0.1) is 5.92 Å². The van der Waals surface area contributed by atoms with Gasteiger partial charge in [-0.15, -0.1) is 0 Å². The van der Waals surface area contributed by atoms with Crippen molar-refractivity contribution in [1.29, 1.82) is 0 Å². The number of amides is 1. The Labute approximate surface area is 205 Å². The van der Waals surface area contributed by atoms with Gasteiger partial charge in [-0.2, -0.15) is 0 Å². The molecule has 0 unspecified atom stereocenters. The van der Waals surface area contributed by atoms with Gasteiger partial charge in [-0.1, -0.05) is 32.0 Å². The molecule has 0 spiro atoms. The third kappa shape index (κ3) is 6.32. The predicted molar refractivity (Wildman–Crippen MR) is 137 cm³/mol. The maximum Gasteiger partial charge on any atom is 0.225 e. The third-order valence-electron chi connectivity index (χ3n) is 7.35. The normalized spacial score (nSPS) is 17.4. The predicted octanol–water partition coefficient (Wildman–Crippen LogP) is 4.93. The van der Waals surface area contributed by atoms with Crippen molar-refractivity contribution >= 4 is 5.91 Å². The number of carbonyl (C=O) groups is 1. The first-order chi connectivity index (χ1) is 16.5. The van der Waals surface area contributed by atoms with Crippen molar-refractivity contribution in [3.05, 3.63) is 59.2 Å². The summed E-state index contributed by atoms with van der Waals surface area (Å²) < 4.78 is 11.4. The fourth-order valence-corrected chi connectivity index (χ4v) is 5.22. The Morgan fingerprint density at radius 3 is 2.29 bits per heavy atom. The number of hydrogen-bond acceptors (Lipinski definition) is 4. The fourth-order valence-electron chi connectivity index (χ4n) is 5.22. The van der Waals surface area contributed by atoms with E-state index in [0.29, 0.717) is 5.92 Å². The Hall–Kier alpha value is -2.53. The van der Waals surface area contributed by atoms with Gasteiger partial charge >= 0.3 is 0 Å². The molecule has 1 amide bonds. The summed E-state index contributed by atoms with van der Waals surface area (Å²) in [5.41, 5.74) is 4.12. The minimum absolute atomic E-state index is 0.0633. The standard InChI is InChI=1S/C29H40N2O3/c1-22(2)29(32)31-18-13-24-7-10-28(21-26(24)14-19-31)34-20-4-15-30-16-11-25(12-17-30)23-5-8-27(33-3)9-6-23/h5-10,21-22,25H,4,11-20H2,1-3H3. The molecule has 0 bridgehead atoms. The molecule has 5 nitrogen and oxygen atoms in total. The average Bonchev–Trinajstić information content (AvgIpc) is 3.09. The zero-order valence-electron chi connectivity index (χ0n) is 21.1. The molecule has 34 heavy (non-hydrogen) atoms. The number of fused-ring (bicyclic) bond motifs is 1. The minimum atomic E-state index is 0.0633.